The first kappa shape index (κ1) is 20.7. The van der Waals surface area contributed by atoms with Gasteiger partial charge in [0.25, 0.3) is 0 Å². The first-order valence-electron chi connectivity index (χ1n) is 10.1. The highest BCUT2D eigenvalue weighted by molar-refractivity contribution is 5.65. The highest BCUT2D eigenvalue weighted by atomic mass is 16.3. The number of rotatable bonds is 9. The average molecular weight is 385 g/mol. The van der Waals surface area contributed by atoms with Crippen LogP contribution >= 0.6 is 0 Å². The van der Waals surface area contributed by atoms with Gasteiger partial charge in [0, 0.05) is 11.1 Å². The Morgan fingerprint density at radius 1 is 0.897 bits per heavy atom. The molecule has 0 radical (unpaired) electrons. The van der Waals surface area contributed by atoms with Crippen molar-refractivity contribution in [2.75, 3.05) is 0 Å². The molecule has 0 saturated carbocycles. The zero-order valence-electron chi connectivity index (χ0n) is 17.0. The Balaban J connectivity index is 1.62. The Morgan fingerprint density at radius 2 is 1.48 bits per heavy atom. The lowest BCUT2D eigenvalue weighted by molar-refractivity contribution is 0.182. The number of aliphatic hydroxyl groups is 1. The van der Waals surface area contributed by atoms with Gasteiger partial charge in [-0.1, -0.05) is 66.8 Å². The Morgan fingerprint density at radius 3 is 2.00 bits per heavy atom. The van der Waals surface area contributed by atoms with Crippen LogP contribution in [0.3, 0.4) is 0 Å². The van der Waals surface area contributed by atoms with Gasteiger partial charge < -0.3 is 5.11 Å². The third-order valence-corrected chi connectivity index (χ3v) is 4.80. The summed E-state index contributed by atoms with van der Waals surface area (Å²) in [5, 5.41) is 18.1. The molecule has 1 heterocycles. The fraction of sp³-hybridized carbons (Fsp3) is 0.231. The van der Waals surface area contributed by atoms with Crippen LogP contribution in [-0.4, -0.2) is 21.4 Å². The molecule has 1 N–H and O–H groups in total. The van der Waals surface area contributed by atoms with Gasteiger partial charge in [-0.15, -0.1) is 16.8 Å². The minimum absolute atomic E-state index is 0.216. The van der Waals surface area contributed by atoms with Crippen molar-refractivity contribution in [1.82, 2.24) is 10.2 Å². The van der Waals surface area contributed by atoms with Crippen molar-refractivity contribution >= 4 is 6.08 Å². The van der Waals surface area contributed by atoms with E-state index < -0.39 is 0 Å². The van der Waals surface area contributed by atoms with E-state index in [0.717, 1.165) is 53.8 Å². The molecule has 1 unspecified atom stereocenters. The summed E-state index contributed by atoms with van der Waals surface area (Å²) in [6.45, 7) is 5.60. The largest absolute Gasteiger partial charge is 0.393 e. The predicted octanol–water partition coefficient (Wildman–Crippen LogP) is 6.10. The van der Waals surface area contributed by atoms with Gasteiger partial charge in [-0.3, -0.25) is 0 Å². The van der Waals surface area contributed by atoms with E-state index in [-0.39, 0.29) is 6.10 Å². The molecule has 2 aromatic carbocycles. The maximum atomic E-state index is 9.28. The standard InChI is InChI=1S/C26H28N2O/c1-3-7-21-10-14-23(15-11-21)25-18-19-26(28-27-25)24-16-12-22(13-17-24)9-6-4-5-8-20(2)29/h3,6,9-20,29H,1,4-5,7-8H2,2H3/b9-6+. The molecule has 0 saturated heterocycles. The van der Waals surface area contributed by atoms with Crippen LogP contribution in [0.25, 0.3) is 28.6 Å². The minimum Gasteiger partial charge on any atom is -0.393 e. The van der Waals surface area contributed by atoms with Crippen LogP contribution in [0.15, 0.2) is 79.4 Å². The summed E-state index contributed by atoms with van der Waals surface area (Å²) in [6.07, 6.45) is 9.67. The minimum atomic E-state index is -0.216. The third kappa shape index (κ3) is 6.23. The summed E-state index contributed by atoms with van der Waals surface area (Å²) in [5.41, 5.74) is 6.25. The summed E-state index contributed by atoms with van der Waals surface area (Å²) >= 11 is 0. The van der Waals surface area contributed by atoms with Crippen molar-refractivity contribution in [3.8, 4) is 22.5 Å². The van der Waals surface area contributed by atoms with Crippen LogP contribution in [0.5, 0.6) is 0 Å². The number of unbranched alkanes of at least 4 members (excludes halogenated alkanes) is 1. The molecular formula is C26H28N2O. The Kier molecular flexibility index (Phi) is 7.48. The number of aliphatic hydroxyl groups excluding tert-OH is 1. The molecule has 0 fully saturated rings. The van der Waals surface area contributed by atoms with Gasteiger partial charge in [-0.2, -0.15) is 0 Å². The quantitative estimate of drug-likeness (QED) is 0.358. The zero-order valence-corrected chi connectivity index (χ0v) is 17.0. The molecule has 1 aromatic heterocycles. The smallest absolute Gasteiger partial charge is 0.0930 e. The molecule has 3 aromatic rings. The van der Waals surface area contributed by atoms with Crippen LogP contribution in [0.2, 0.25) is 0 Å². The topological polar surface area (TPSA) is 46.0 Å². The summed E-state index contributed by atoms with van der Waals surface area (Å²) < 4.78 is 0. The van der Waals surface area contributed by atoms with Gasteiger partial charge in [-0.25, -0.2) is 0 Å². The lowest BCUT2D eigenvalue weighted by atomic mass is 10.1. The van der Waals surface area contributed by atoms with Gasteiger partial charge in [-0.05, 0) is 55.9 Å². The molecular weight excluding hydrogens is 356 g/mol. The van der Waals surface area contributed by atoms with Crippen molar-refractivity contribution in [2.24, 2.45) is 0 Å². The van der Waals surface area contributed by atoms with Crippen molar-refractivity contribution in [3.63, 3.8) is 0 Å². The number of allylic oxidation sites excluding steroid dienone is 2. The second kappa shape index (κ2) is 10.5. The SMILES string of the molecule is C=CCc1ccc(-c2ccc(-c3ccc(/C=C/CCCC(C)O)cc3)nn2)cc1. The highest BCUT2D eigenvalue weighted by Crippen LogP contribution is 2.22. The Labute approximate surface area is 173 Å². The lowest BCUT2D eigenvalue weighted by Crippen LogP contribution is -1.97. The molecule has 3 heteroatoms. The van der Waals surface area contributed by atoms with Crippen molar-refractivity contribution in [3.05, 3.63) is 90.5 Å². The van der Waals surface area contributed by atoms with Gasteiger partial charge in [0.15, 0.2) is 0 Å². The number of nitrogens with zero attached hydrogens (tertiary/aromatic N) is 2. The molecule has 3 rings (SSSR count). The predicted molar refractivity (Wildman–Crippen MR) is 121 cm³/mol. The van der Waals surface area contributed by atoms with Gasteiger partial charge in [0.1, 0.15) is 0 Å². The Hall–Kier alpha value is -3.04. The van der Waals surface area contributed by atoms with Gasteiger partial charge >= 0.3 is 0 Å². The second-order valence-corrected chi connectivity index (χ2v) is 7.30. The fourth-order valence-electron chi connectivity index (χ4n) is 3.13. The van der Waals surface area contributed by atoms with E-state index in [2.05, 4.69) is 77.5 Å². The van der Waals surface area contributed by atoms with E-state index in [1.165, 1.54) is 5.56 Å². The zero-order chi connectivity index (χ0) is 20.5. The van der Waals surface area contributed by atoms with E-state index in [1.807, 2.05) is 25.1 Å². The number of hydrogen-bond donors (Lipinski definition) is 1. The molecule has 0 bridgehead atoms. The van der Waals surface area contributed by atoms with E-state index in [4.69, 9.17) is 0 Å². The van der Waals surface area contributed by atoms with Crippen LogP contribution in [-0.2, 0) is 6.42 Å². The van der Waals surface area contributed by atoms with Gasteiger partial charge in [0.2, 0.25) is 0 Å². The number of hydrogen-bond acceptors (Lipinski definition) is 3. The number of benzene rings is 2. The molecule has 0 spiro atoms. The van der Waals surface area contributed by atoms with Crippen molar-refractivity contribution in [2.45, 2.75) is 38.7 Å². The van der Waals surface area contributed by atoms with E-state index in [0.29, 0.717) is 0 Å². The number of aromatic nitrogens is 2. The molecule has 148 valence electrons. The molecule has 0 aliphatic rings. The van der Waals surface area contributed by atoms with Crippen LogP contribution in [0.4, 0.5) is 0 Å². The maximum Gasteiger partial charge on any atom is 0.0930 e. The molecule has 3 nitrogen and oxygen atoms in total. The summed E-state index contributed by atoms with van der Waals surface area (Å²) in [4.78, 5) is 0. The normalized spacial score (nSPS) is 12.2. The molecule has 0 amide bonds. The monoisotopic (exact) mass is 384 g/mol. The van der Waals surface area contributed by atoms with Crippen LogP contribution < -0.4 is 0 Å². The maximum absolute atomic E-state index is 9.28. The van der Waals surface area contributed by atoms with Crippen LogP contribution in [0.1, 0.15) is 37.3 Å². The fourth-order valence-corrected chi connectivity index (χ4v) is 3.13. The average Bonchev–Trinajstić information content (AvgIpc) is 2.75. The second-order valence-electron chi connectivity index (χ2n) is 7.30. The first-order valence-corrected chi connectivity index (χ1v) is 10.1. The van der Waals surface area contributed by atoms with Crippen molar-refractivity contribution < 1.29 is 5.11 Å². The van der Waals surface area contributed by atoms with E-state index in [9.17, 15) is 5.11 Å². The molecule has 0 aliphatic heterocycles. The summed E-state index contributed by atoms with van der Waals surface area (Å²) in [7, 11) is 0. The molecule has 0 aliphatic carbocycles. The highest BCUT2D eigenvalue weighted by Gasteiger charge is 2.04. The van der Waals surface area contributed by atoms with Gasteiger partial charge in [0.05, 0.1) is 17.5 Å². The van der Waals surface area contributed by atoms with Crippen LogP contribution in [0, 0.1) is 0 Å². The summed E-state index contributed by atoms with van der Waals surface area (Å²) in [5.74, 6) is 0. The summed E-state index contributed by atoms with van der Waals surface area (Å²) in [6, 6.07) is 20.7. The molecule has 29 heavy (non-hydrogen) atoms. The molecule has 1 atom stereocenters. The van der Waals surface area contributed by atoms with E-state index in [1.54, 1.807) is 0 Å². The third-order valence-electron chi connectivity index (χ3n) is 4.80. The Bertz CT molecular complexity index is 924. The lowest BCUT2D eigenvalue weighted by Gasteiger charge is -2.04. The van der Waals surface area contributed by atoms with E-state index >= 15 is 0 Å². The van der Waals surface area contributed by atoms with Crippen molar-refractivity contribution in [1.29, 1.82) is 0 Å². The first-order chi connectivity index (χ1) is 14.2.